The molecule has 1 N–H and O–H groups in total. The van der Waals surface area contributed by atoms with Gasteiger partial charge in [0.25, 0.3) is 5.56 Å². The Hall–Kier alpha value is -2.60. The van der Waals surface area contributed by atoms with Crippen molar-refractivity contribution in [3.63, 3.8) is 0 Å². The average molecular weight is 325 g/mol. The molecule has 3 aromatic rings. The molecule has 0 saturated heterocycles. The predicted octanol–water partition coefficient (Wildman–Crippen LogP) is 2.76. The molecule has 5 nitrogen and oxygen atoms in total. The van der Waals surface area contributed by atoms with Crippen LogP contribution in [0.25, 0.3) is 10.9 Å². The second-order valence-electron chi connectivity index (χ2n) is 4.97. The molecule has 0 bridgehead atoms. The second kappa shape index (κ2) is 6.66. The van der Waals surface area contributed by atoms with Gasteiger partial charge in [-0.2, -0.15) is 0 Å². The normalized spacial score (nSPS) is 10.7. The molecule has 23 heavy (non-hydrogen) atoms. The van der Waals surface area contributed by atoms with Gasteiger partial charge in [-0.1, -0.05) is 18.2 Å². The molecule has 0 fully saturated rings. The van der Waals surface area contributed by atoms with Gasteiger partial charge in [-0.25, -0.2) is 4.98 Å². The fourth-order valence-corrected chi connectivity index (χ4v) is 2.73. The van der Waals surface area contributed by atoms with E-state index >= 15 is 0 Å². The number of hydrogen-bond donors (Lipinski definition) is 1. The Kier molecular flexibility index (Phi) is 4.43. The van der Waals surface area contributed by atoms with Crippen LogP contribution in [-0.4, -0.2) is 21.7 Å². The Balaban J connectivity index is 1.80. The summed E-state index contributed by atoms with van der Waals surface area (Å²) in [6, 6.07) is 14.6. The van der Waals surface area contributed by atoms with Gasteiger partial charge in [-0.15, -0.1) is 11.8 Å². The van der Waals surface area contributed by atoms with Crippen LogP contribution in [-0.2, 0) is 11.3 Å². The zero-order chi connectivity index (χ0) is 16.2. The van der Waals surface area contributed by atoms with Crippen molar-refractivity contribution in [2.75, 3.05) is 11.6 Å². The van der Waals surface area contributed by atoms with Crippen molar-refractivity contribution in [2.45, 2.75) is 11.4 Å². The number of fused-ring (bicyclic) bond motifs is 1. The highest BCUT2D eigenvalue weighted by atomic mass is 32.2. The molecule has 0 atom stereocenters. The molecule has 0 saturated carbocycles. The second-order valence-corrected chi connectivity index (χ2v) is 5.85. The molecule has 0 aliphatic heterocycles. The first-order chi connectivity index (χ1) is 11.2. The lowest BCUT2D eigenvalue weighted by Gasteiger charge is -2.08. The number of anilines is 1. The molecular weight excluding hydrogens is 310 g/mol. The third-order valence-corrected chi connectivity index (χ3v) is 4.12. The monoisotopic (exact) mass is 325 g/mol. The molecule has 3 rings (SSSR count). The SMILES string of the molecule is CSc1cccc(NC(=O)Cn2cnc3ccccc3c2=O)c1. The summed E-state index contributed by atoms with van der Waals surface area (Å²) < 4.78 is 1.32. The molecule has 1 heterocycles. The van der Waals surface area contributed by atoms with Crippen molar-refractivity contribution in [2.24, 2.45) is 0 Å². The first-order valence-electron chi connectivity index (χ1n) is 7.05. The van der Waals surface area contributed by atoms with Crippen LogP contribution in [0.2, 0.25) is 0 Å². The maximum atomic E-state index is 12.4. The minimum absolute atomic E-state index is 0.0693. The van der Waals surface area contributed by atoms with Gasteiger partial charge in [0.05, 0.1) is 17.2 Å². The van der Waals surface area contributed by atoms with Crippen molar-refractivity contribution in [1.82, 2.24) is 9.55 Å². The van der Waals surface area contributed by atoms with E-state index in [9.17, 15) is 9.59 Å². The maximum Gasteiger partial charge on any atom is 0.261 e. The van der Waals surface area contributed by atoms with Gasteiger partial charge in [0, 0.05) is 10.6 Å². The Morgan fingerprint density at radius 2 is 2.04 bits per heavy atom. The number of thioether (sulfide) groups is 1. The Bertz CT molecular complexity index is 921. The first kappa shape index (κ1) is 15.3. The van der Waals surface area contributed by atoms with Gasteiger partial charge in [0.1, 0.15) is 6.54 Å². The minimum Gasteiger partial charge on any atom is -0.324 e. The van der Waals surface area contributed by atoms with Gasteiger partial charge in [0.2, 0.25) is 5.91 Å². The number of nitrogens with zero attached hydrogens (tertiary/aromatic N) is 2. The van der Waals surface area contributed by atoms with Crippen LogP contribution in [0.1, 0.15) is 0 Å². The van der Waals surface area contributed by atoms with Gasteiger partial charge in [-0.05, 0) is 36.6 Å². The van der Waals surface area contributed by atoms with E-state index in [4.69, 9.17) is 0 Å². The van der Waals surface area contributed by atoms with Gasteiger partial charge >= 0.3 is 0 Å². The topological polar surface area (TPSA) is 64.0 Å². The van der Waals surface area contributed by atoms with E-state index < -0.39 is 0 Å². The first-order valence-corrected chi connectivity index (χ1v) is 8.28. The van der Waals surface area contributed by atoms with Crippen LogP contribution in [0.5, 0.6) is 0 Å². The average Bonchev–Trinajstić information content (AvgIpc) is 2.58. The Morgan fingerprint density at radius 1 is 1.22 bits per heavy atom. The van der Waals surface area contributed by atoms with Crippen molar-refractivity contribution in [3.05, 3.63) is 65.2 Å². The summed E-state index contributed by atoms with van der Waals surface area (Å²) >= 11 is 1.60. The molecule has 1 aromatic heterocycles. The van der Waals surface area contributed by atoms with E-state index in [1.165, 1.54) is 10.9 Å². The van der Waals surface area contributed by atoms with E-state index in [1.54, 1.807) is 30.0 Å². The zero-order valence-electron chi connectivity index (χ0n) is 12.5. The van der Waals surface area contributed by atoms with Gasteiger partial charge in [-0.3, -0.25) is 14.2 Å². The minimum atomic E-state index is -0.262. The number of rotatable bonds is 4. The summed E-state index contributed by atoms with van der Waals surface area (Å²) in [6.45, 7) is -0.0693. The highest BCUT2D eigenvalue weighted by Gasteiger charge is 2.08. The lowest BCUT2D eigenvalue weighted by atomic mass is 10.2. The van der Waals surface area contributed by atoms with Crippen LogP contribution >= 0.6 is 11.8 Å². The lowest BCUT2D eigenvalue weighted by Crippen LogP contribution is -2.27. The van der Waals surface area contributed by atoms with E-state index in [-0.39, 0.29) is 18.0 Å². The van der Waals surface area contributed by atoms with Crippen LogP contribution in [0.3, 0.4) is 0 Å². The number of carbonyl (C=O) groups is 1. The quantitative estimate of drug-likeness (QED) is 0.749. The van der Waals surface area contributed by atoms with Crippen LogP contribution in [0, 0.1) is 0 Å². The Labute approximate surface area is 137 Å². The summed E-state index contributed by atoms with van der Waals surface area (Å²) in [4.78, 5) is 29.8. The van der Waals surface area contributed by atoms with Crippen molar-refractivity contribution in [3.8, 4) is 0 Å². The largest absolute Gasteiger partial charge is 0.324 e. The summed E-state index contributed by atoms with van der Waals surface area (Å²) in [5, 5.41) is 3.31. The molecule has 0 spiro atoms. The highest BCUT2D eigenvalue weighted by molar-refractivity contribution is 7.98. The maximum absolute atomic E-state index is 12.4. The molecule has 116 valence electrons. The van der Waals surface area contributed by atoms with E-state index in [2.05, 4.69) is 10.3 Å². The van der Waals surface area contributed by atoms with Crippen LogP contribution in [0.4, 0.5) is 5.69 Å². The number of aromatic nitrogens is 2. The molecule has 0 radical (unpaired) electrons. The zero-order valence-corrected chi connectivity index (χ0v) is 13.3. The van der Waals surface area contributed by atoms with E-state index in [0.29, 0.717) is 16.6 Å². The number of nitrogens with one attached hydrogen (secondary N) is 1. The molecule has 0 aliphatic rings. The third-order valence-electron chi connectivity index (χ3n) is 3.40. The third kappa shape index (κ3) is 3.43. The fraction of sp³-hybridized carbons (Fsp3) is 0.118. The summed E-state index contributed by atoms with van der Waals surface area (Å²) in [5.74, 6) is -0.262. The van der Waals surface area contributed by atoms with Gasteiger partial charge < -0.3 is 5.32 Å². The summed E-state index contributed by atoms with van der Waals surface area (Å²) in [7, 11) is 0. The van der Waals surface area contributed by atoms with Gasteiger partial charge in [0.15, 0.2) is 0 Å². The Morgan fingerprint density at radius 3 is 2.87 bits per heavy atom. The molecule has 6 heteroatoms. The highest BCUT2D eigenvalue weighted by Crippen LogP contribution is 2.18. The van der Waals surface area contributed by atoms with Crippen LogP contribution < -0.4 is 10.9 Å². The lowest BCUT2D eigenvalue weighted by molar-refractivity contribution is -0.116. The smallest absolute Gasteiger partial charge is 0.261 e. The molecule has 0 aliphatic carbocycles. The van der Waals surface area contributed by atoms with Crippen molar-refractivity contribution >= 4 is 34.3 Å². The van der Waals surface area contributed by atoms with Crippen molar-refractivity contribution < 1.29 is 4.79 Å². The predicted molar refractivity (Wildman–Crippen MR) is 92.9 cm³/mol. The fourth-order valence-electron chi connectivity index (χ4n) is 2.27. The number of carbonyl (C=O) groups excluding carboxylic acids is 1. The standard InChI is InChI=1S/C17H15N3O2S/c1-23-13-6-4-5-12(9-13)19-16(21)10-20-11-18-15-8-3-2-7-14(15)17(20)22/h2-9,11H,10H2,1H3,(H,19,21). The van der Waals surface area contributed by atoms with Crippen molar-refractivity contribution in [1.29, 1.82) is 0 Å². The molecule has 0 unspecified atom stereocenters. The number of para-hydroxylation sites is 1. The number of hydrogen-bond acceptors (Lipinski definition) is 4. The molecule has 2 aromatic carbocycles. The van der Waals surface area contributed by atoms with E-state index in [0.717, 1.165) is 4.90 Å². The molecule has 1 amide bonds. The number of benzene rings is 2. The number of amides is 1. The summed E-state index contributed by atoms with van der Waals surface area (Å²) in [5.41, 5.74) is 1.12. The molecular formula is C17H15N3O2S. The van der Waals surface area contributed by atoms with Crippen LogP contribution in [0.15, 0.2) is 64.5 Å². The van der Waals surface area contributed by atoms with E-state index in [1.807, 2.05) is 36.6 Å². The summed E-state index contributed by atoms with van der Waals surface area (Å²) in [6.07, 6.45) is 3.38.